The molecule has 0 radical (unpaired) electrons. The van der Waals surface area contributed by atoms with Crippen LogP contribution >= 0.6 is 15.9 Å². The van der Waals surface area contributed by atoms with Crippen LogP contribution < -0.4 is 5.32 Å². The van der Waals surface area contributed by atoms with E-state index < -0.39 is 12.1 Å². The van der Waals surface area contributed by atoms with Crippen LogP contribution in [0.2, 0.25) is 0 Å². The Morgan fingerprint density at radius 1 is 1.24 bits per heavy atom. The molecule has 1 amide bonds. The summed E-state index contributed by atoms with van der Waals surface area (Å²) in [6.07, 6.45) is -0.572. The summed E-state index contributed by atoms with van der Waals surface area (Å²) in [5, 5.41) is 20.3. The first-order chi connectivity index (χ1) is 12.0. The topological polar surface area (TPSA) is 80.0 Å². The maximum Gasteiger partial charge on any atom is 0.405 e. The van der Waals surface area contributed by atoms with Crippen LogP contribution in [-0.4, -0.2) is 26.2 Å². The van der Waals surface area contributed by atoms with Crippen LogP contribution in [0, 0.1) is 6.92 Å². The number of hydrogen-bond donors (Lipinski definition) is 2. The number of carbonyl (C=O) groups is 1. The van der Waals surface area contributed by atoms with Crippen LogP contribution in [0.25, 0.3) is 5.69 Å². The highest BCUT2D eigenvalue weighted by atomic mass is 79.9. The van der Waals surface area contributed by atoms with Gasteiger partial charge in [0.2, 0.25) is 0 Å². The van der Waals surface area contributed by atoms with Gasteiger partial charge in [0.15, 0.2) is 0 Å². The number of amides is 1. The van der Waals surface area contributed by atoms with Crippen LogP contribution in [0.15, 0.2) is 59.1 Å². The van der Waals surface area contributed by atoms with Crippen LogP contribution in [0.5, 0.6) is 0 Å². The molecular formula is C18H17BrN4O2. The van der Waals surface area contributed by atoms with Crippen LogP contribution in [0.1, 0.15) is 23.0 Å². The molecule has 7 heteroatoms. The molecule has 0 aliphatic carbocycles. The van der Waals surface area contributed by atoms with Crippen molar-refractivity contribution in [2.24, 2.45) is 0 Å². The molecule has 0 saturated heterocycles. The maximum atomic E-state index is 11.3. The summed E-state index contributed by atoms with van der Waals surface area (Å²) < 4.78 is 2.60. The summed E-state index contributed by atoms with van der Waals surface area (Å²) in [6.45, 7) is 1.83. The zero-order valence-corrected chi connectivity index (χ0v) is 15.1. The van der Waals surface area contributed by atoms with E-state index in [0.29, 0.717) is 12.1 Å². The highest BCUT2D eigenvalue weighted by molar-refractivity contribution is 9.10. The molecule has 3 rings (SSSR count). The molecule has 2 N–H and O–H groups in total. The fourth-order valence-corrected chi connectivity index (χ4v) is 3.16. The van der Waals surface area contributed by atoms with E-state index in [-0.39, 0.29) is 0 Å². The van der Waals surface area contributed by atoms with E-state index in [9.17, 15) is 9.90 Å². The zero-order chi connectivity index (χ0) is 17.8. The number of aromatic nitrogens is 3. The Balaban J connectivity index is 2.03. The van der Waals surface area contributed by atoms with Gasteiger partial charge in [0.05, 0.1) is 23.1 Å². The molecule has 0 fully saturated rings. The molecule has 0 bridgehead atoms. The lowest BCUT2D eigenvalue weighted by molar-refractivity contribution is 0.189. The first kappa shape index (κ1) is 17.2. The second-order valence-electron chi connectivity index (χ2n) is 5.64. The normalized spacial score (nSPS) is 11.9. The predicted octanol–water partition coefficient (Wildman–Crippen LogP) is 3.89. The van der Waals surface area contributed by atoms with Gasteiger partial charge < -0.3 is 10.4 Å². The van der Waals surface area contributed by atoms with Crippen molar-refractivity contribution < 1.29 is 9.90 Å². The van der Waals surface area contributed by atoms with Crippen molar-refractivity contribution in [1.29, 1.82) is 0 Å². The first-order valence-corrected chi connectivity index (χ1v) is 8.55. The Labute approximate surface area is 153 Å². The second-order valence-corrected chi connectivity index (χ2v) is 6.56. The molecule has 25 heavy (non-hydrogen) atoms. The minimum atomic E-state index is -1.08. The summed E-state index contributed by atoms with van der Waals surface area (Å²) in [5.41, 5.74) is 3.26. The van der Waals surface area contributed by atoms with E-state index in [2.05, 4.69) is 31.6 Å². The molecule has 0 saturated carbocycles. The largest absolute Gasteiger partial charge is 0.465 e. The van der Waals surface area contributed by atoms with Gasteiger partial charge in [0.1, 0.15) is 0 Å². The van der Waals surface area contributed by atoms with Gasteiger partial charge in [-0.15, -0.1) is 5.10 Å². The first-order valence-electron chi connectivity index (χ1n) is 7.76. The van der Waals surface area contributed by atoms with Gasteiger partial charge in [-0.3, -0.25) is 0 Å². The van der Waals surface area contributed by atoms with Gasteiger partial charge in [-0.25, -0.2) is 9.48 Å². The van der Waals surface area contributed by atoms with Gasteiger partial charge >= 0.3 is 6.09 Å². The molecule has 128 valence electrons. The Morgan fingerprint density at radius 2 is 2.00 bits per heavy atom. The molecule has 2 aromatic carbocycles. The molecule has 0 aliphatic heterocycles. The van der Waals surface area contributed by atoms with Crippen molar-refractivity contribution in [3.8, 4) is 5.69 Å². The van der Waals surface area contributed by atoms with Gasteiger partial charge in [0.25, 0.3) is 0 Å². The third-order valence-corrected chi connectivity index (χ3v) is 4.34. The number of hydrogen-bond acceptors (Lipinski definition) is 3. The van der Waals surface area contributed by atoms with E-state index in [4.69, 9.17) is 0 Å². The monoisotopic (exact) mass is 400 g/mol. The quantitative estimate of drug-likeness (QED) is 0.680. The summed E-state index contributed by atoms with van der Waals surface area (Å²) in [7, 11) is 0. The molecule has 3 aromatic rings. The summed E-state index contributed by atoms with van der Waals surface area (Å²) in [4.78, 5) is 11.3. The molecule has 6 nitrogen and oxygen atoms in total. The van der Waals surface area contributed by atoms with Crippen molar-refractivity contribution in [2.45, 2.75) is 19.4 Å². The maximum absolute atomic E-state index is 11.3. The number of halogens is 1. The van der Waals surface area contributed by atoms with Crippen LogP contribution in [0.4, 0.5) is 4.79 Å². The SMILES string of the molecule is Cc1nnn(-c2cccc(Br)c2)c1[C@@H](Cc1ccccc1)NC(=O)O. The minimum absolute atomic E-state index is 0.464. The van der Waals surface area contributed by atoms with E-state index >= 15 is 0 Å². The third kappa shape index (κ3) is 4.06. The summed E-state index contributed by atoms with van der Waals surface area (Å²) >= 11 is 3.45. The fraction of sp³-hybridized carbons (Fsp3) is 0.167. The number of benzene rings is 2. The van der Waals surface area contributed by atoms with E-state index in [1.54, 1.807) is 4.68 Å². The number of rotatable bonds is 5. The molecular weight excluding hydrogens is 384 g/mol. The van der Waals surface area contributed by atoms with Crippen molar-refractivity contribution in [1.82, 2.24) is 20.3 Å². The molecule has 1 heterocycles. The Morgan fingerprint density at radius 3 is 2.68 bits per heavy atom. The van der Waals surface area contributed by atoms with Crippen molar-refractivity contribution in [2.75, 3.05) is 0 Å². The minimum Gasteiger partial charge on any atom is -0.465 e. The zero-order valence-electron chi connectivity index (χ0n) is 13.6. The lowest BCUT2D eigenvalue weighted by atomic mass is 10.0. The standard InChI is InChI=1S/C18H17BrN4O2/c1-12-17(23(22-21-12)15-9-5-8-14(19)11-15)16(20-18(24)25)10-13-6-3-2-4-7-13/h2-9,11,16,20H,10H2,1H3,(H,24,25)/t16-/m1/s1. The fourth-order valence-electron chi connectivity index (χ4n) is 2.78. The second kappa shape index (κ2) is 7.48. The van der Waals surface area contributed by atoms with Gasteiger partial charge in [-0.2, -0.15) is 0 Å². The third-order valence-electron chi connectivity index (χ3n) is 3.85. The van der Waals surface area contributed by atoms with E-state index in [1.807, 2.05) is 61.5 Å². The number of carboxylic acid groups (broad SMARTS) is 1. The lowest BCUT2D eigenvalue weighted by Crippen LogP contribution is -2.30. The van der Waals surface area contributed by atoms with Gasteiger partial charge in [-0.05, 0) is 37.1 Å². The van der Waals surface area contributed by atoms with Crippen LogP contribution in [-0.2, 0) is 6.42 Å². The average molecular weight is 401 g/mol. The Bertz CT molecular complexity index is 880. The van der Waals surface area contributed by atoms with E-state index in [0.717, 1.165) is 21.4 Å². The molecule has 0 aliphatic rings. The Kier molecular flexibility index (Phi) is 5.14. The van der Waals surface area contributed by atoms with E-state index in [1.165, 1.54) is 0 Å². The Hall–Kier alpha value is -2.67. The molecule has 1 atom stereocenters. The number of nitrogens with zero attached hydrogens (tertiary/aromatic N) is 3. The van der Waals surface area contributed by atoms with Gasteiger partial charge in [0, 0.05) is 4.47 Å². The van der Waals surface area contributed by atoms with Crippen LogP contribution in [0.3, 0.4) is 0 Å². The number of aryl methyl sites for hydroxylation is 1. The smallest absolute Gasteiger partial charge is 0.405 e. The molecule has 1 aromatic heterocycles. The molecule has 0 spiro atoms. The van der Waals surface area contributed by atoms with Crippen molar-refractivity contribution in [3.63, 3.8) is 0 Å². The highest BCUT2D eigenvalue weighted by Gasteiger charge is 2.23. The average Bonchev–Trinajstić information content (AvgIpc) is 2.96. The lowest BCUT2D eigenvalue weighted by Gasteiger charge is -2.19. The van der Waals surface area contributed by atoms with Crippen molar-refractivity contribution >= 4 is 22.0 Å². The van der Waals surface area contributed by atoms with Gasteiger partial charge in [-0.1, -0.05) is 57.5 Å². The summed E-state index contributed by atoms with van der Waals surface area (Å²) in [6, 6.07) is 16.9. The summed E-state index contributed by atoms with van der Waals surface area (Å²) in [5.74, 6) is 0. The molecule has 0 unspecified atom stereocenters. The van der Waals surface area contributed by atoms with Crippen molar-refractivity contribution in [3.05, 3.63) is 76.0 Å². The predicted molar refractivity (Wildman–Crippen MR) is 97.8 cm³/mol. The number of nitrogens with one attached hydrogen (secondary N) is 1. The highest BCUT2D eigenvalue weighted by Crippen LogP contribution is 2.24.